The van der Waals surface area contributed by atoms with E-state index in [2.05, 4.69) is 10.3 Å². The monoisotopic (exact) mass is 525 g/mol. The Hall–Kier alpha value is -3.32. The average molecular weight is 526 g/mol. The van der Waals surface area contributed by atoms with Crippen LogP contribution in [0.4, 0.5) is 4.39 Å². The number of benzene rings is 2. The van der Waals surface area contributed by atoms with E-state index in [1.165, 1.54) is 17.0 Å². The summed E-state index contributed by atoms with van der Waals surface area (Å²) >= 11 is 6.29. The lowest BCUT2D eigenvalue weighted by molar-refractivity contribution is -0.134. The number of aromatic nitrogens is 1. The Morgan fingerprint density at radius 2 is 1.95 bits per heavy atom. The number of nitrogens with one attached hydrogen (secondary N) is 2. The largest absolute Gasteiger partial charge is 0.492 e. The van der Waals surface area contributed by atoms with Crippen LogP contribution in [-0.4, -0.2) is 34.8 Å². The number of hydrogen-bond donors (Lipinski definition) is 2. The highest BCUT2D eigenvalue weighted by Crippen LogP contribution is 2.37. The Balaban J connectivity index is 1.85. The third-order valence-electron chi connectivity index (χ3n) is 6.83. The van der Waals surface area contributed by atoms with Crippen LogP contribution < -0.4 is 5.32 Å². The van der Waals surface area contributed by atoms with E-state index >= 15 is 0 Å². The molecule has 1 atom stereocenters. The van der Waals surface area contributed by atoms with Gasteiger partial charge in [-0.15, -0.1) is 0 Å². The maximum Gasteiger partial charge on any atom is 0.247 e. The number of hydrogen-bond acceptors (Lipinski definition) is 3. The molecule has 1 unspecified atom stereocenters. The fourth-order valence-electron chi connectivity index (χ4n) is 5.09. The first-order valence-electron chi connectivity index (χ1n) is 12.8. The molecule has 1 heterocycles. The molecule has 0 bridgehead atoms. The summed E-state index contributed by atoms with van der Waals surface area (Å²) in [7, 11) is 0. The van der Waals surface area contributed by atoms with Crippen LogP contribution in [0, 0.1) is 5.82 Å². The van der Waals surface area contributed by atoms with Gasteiger partial charge in [-0.3, -0.25) is 9.59 Å². The highest BCUT2D eigenvalue weighted by molar-refractivity contribution is 6.31. The number of carbonyl (C=O) groups excluding carboxylic acids is 2. The third-order valence-corrected chi connectivity index (χ3v) is 7.06. The van der Waals surface area contributed by atoms with E-state index in [1.807, 2.05) is 26.0 Å². The van der Waals surface area contributed by atoms with Crippen molar-refractivity contribution in [3.63, 3.8) is 0 Å². The molecule has 1 aliphatic rings. The molecule has 0 spiro atoms. The van der Waals surface area contributed by atoms with Gasteiger partial charge in [0.1, 0.15) is 17.6 Å². The van der Waals surface area contributed by atoms with Crippen LogP contribution >= 0.6 is 11.6 Å². The summed E-state index contributed by atoms with van der Waals surface area (Å²) in [5, 5.41) is 4.53. The molecule has 0 saturated heterocycles. The zero-order valence-corrected chi connectivity index (χ0v) is 22.0. The molecule has 4 rings (SSSR count). The Morgan fingerprint density at radius 3 is 2.59 bits per heavy atom. The smallest absolute Gasteiger partial charge is 0.247 e. The molecular formula is C29H33ClFN3O3. The number of halogens is 2. The van der Waals surface area contributed by atoms with Gasteiger partial charge >= 0.3 is 0 Å². The van der Waals surface area contributed by atoms with Crippen LogP contribution in [0.15, 0.2) is 48.5 Å². The number of amides is 2. The van der Waals surface area contributed by atoms with Gasteiger partial charge in [0.25, 0.3) is 0 Å². The summed E-state index contributed by atoms with van der Waals surface area (Å²) in [5.41, 5.74) is 2.70. The van der Waals surface area contributed by atoms with E-state index in [-0.39, 0.29) is 24.3 Å². The molecule has 0 aliphatic heterocycles. The van der Waals surface area contributed by atoms with Crippen molar-refractivity contribution in [1.82, 2.24) is 15.2 Å². The van der Waals surface area contributed by atoms with E-state index < -0.39 is 6.04 Å². The summed E-state index contributed by atoms with van der Waals surface area (Å²) in [6.07, 6.45) is 7.62. The molecule has 3 aromatic rings. The van der Waals surface area contributed by atoms with E-state index in [4.69, 9.17) is 16.3 Å². The van der Waals surface area contributed by atoms with E-state index in [0.29, 0.717) is 40.6 Å². The predicted octanol–water partition coefficient (Wildman–Crippen LogP) is 6.51. The first kappa shape index (κ1) is 26.7. The van der Waals surface area contributed by atoms with Crippen LogP contribution in [0.3, 0.4) is 0 Å². The number of nitrogens with zero attached hydrogens (tertiary/aromatic N) is 1. The molecule has 1 saturated carbocycles. The van der Waals surface area contributed by atoms with Crippen LogP contribution in [0.25, 0.3) is 16.7 Å². The first-order chi connectivity index (χ1) is 17.9. The molecule has 1 aliphatic carbocycles. The Kier molecular flexibility index (Phi) is 8.87. The van der Waals surface area contributed by atoms with Gasteiger partial charge < -0.3 is 19.9 Å². The fourth-order valence-corrected chi connectivity index (χ4v) is 5.26. The maximum absolute atomic E-state index is 14.0. The van der Waals surface area contributed by atoms with Crippen LogP contribution in [-0.2, 0) is 20.9 Å². The van der Waals surface area contributed by atoms with E-state index in [0.717, 1.165) is 43.0 Å². The van der Waals surface area contributed by atoms with Crippen LogP contribution in [0.2, 0.25) is 5.02 Å². The number of fused-ring (bicyclic) bond motifs is 1. The zero-order valence-electron chi connectivity index (χ0n) is 21.2. The minimum atomic E-state index is -0.954. The molecule has 1 fully saturated rings. The summed E-state index contributed by atoms with van der Waals surface area (Å²) in [5.74, 6) is -0.0451. The van der Waals surface area contributed by atoms with Gasteiger partial charge in [-0.1, -0.05) is 49.1 Å². The van der Waals surface area contributed by atoms with Crippen molar-refractivity contribution in [1.29, 1.82) is 0 Å². The average Bonchev–Trinajstić information content (AvgIpc) is 3.26. The zero-order chi connectivity index (χ0) is 26.4. The number of carbonyl (C=O) groups is 2. The van der Waals surface area contributed by atoms with Crippen LogP contribution in [0.1, 0.15) is 68.8 Å². The van der Waals surface area contributed by atoms with Crippen molar-refractivity contribution >= 4 is 40.6 Å². The van der Waals surface area contributed by atoms with Crippen molar-refractivity contribution in [2.45, 2.75) is 64.6 Å². The van der Waals surface area contributed by atoms with Crippen molar-refractivity contribution < 1.29 is 18.7 Å². The van der Waals surface area contributed by atoms with Gasteiger partial charge in [-0.2, -0.15) is 0 Å². The SMILES string of the molecule is C/C=C(/OCC)c1[nH]c2cc(Cl)ccc2c1C(C(=O)NC1CCCCC1)N(C=O)Cc1ccc(F)cc1. The molecule has 0 radical (unpaired) electrons. The molecular weight excluding hydrogens is 493 g/mol. The molecule has 37 heavy (non-hydrogen) atoms. The normalized spacial score (nSPS) is 15.4. The van der Waals surface area contributed by atoms with Crippen molar-refractivity contribution in [3.8, 4) is 0 Å². The molecule has 196 valence electrons. The van der Waals surface area contributed by atoms with Crippen molar-refractivity contribution in [3.05, 3.63) is 76.2 Å². The van der Waals surface area contributed by atoms with Gasteiger partial charge in [-0.05, 0) is 62.6 Å². The first-order valence-corrected chi connectivity index (χ1v) is 13.2. The topological polar surface area (TPSA) is 74.4 Å². The van der Waals surface area contributed by atoms with E-state index in [9.17, 15) is 14.0 Å². The van der Waals surface area contributed by atoms with Gasteiger partial charge in [-0.25, -0.2) is 4.39 Å². The van der Waals surface area contributed by atoms with Gasteiger partial charge in [0.05, 0.1) is 12.3 Å². The number of aromatic amines is 1. The molecule has 2 N–H and O–H groups in total. The maximum atomic E-state index is 14.0. The van der Waals surface area contributed by atoms with Crippen molar-refractivity contribution in [2.24, 2.45) is 0 Å². The van der Waals surface area contributed by atoms with Gasteiger partial charge in [0.15, 0.2) is 0 Å². The van der Waals surface area contributed by atoms with Crippen molar-refractivity contribution in [2.75, 3.05) is 6.61 Å². The van der Waals surface area contributed by atoms with E-state index in [1.54, 1.807) is 24.3 Å². The molecule has 2 aromatic carbocycles. The lowest BCUT2D eigenvalue weighted by Gasteiger charge is -2.31. The van der Waals surface area contributed by atoms with Gasteiger partial charge in [0, 0.05) is 34.1 Å². The predicted molar refractivity (Wildman–Crippen MR) is 144 cm³/mol. The molecule has 6 nitrogen and oxygen atoms in total. The van der Waals surface area contributed by atoms with Gasteiger partial charge in [0.2, 0.25) is 12.3 Å². The lowest BCUT2D eigenvalue weighted by Crippen LogP contribution is -2.44. The molecule has 1 aromatic heterocycles. The number of H-pyrrole nitrogens is 1. The molecule has 8 heteroatoms. The number of allylic oxidation sites excluding steroid dienone is 1. The summed E-state index contributed by atoms with van der Waals surface area (Å²) in [4.78, 5) is 31.4. The Morgan fingerprint density at radius 1 is 1.22 bits per heavy atom. The second kappa shape index (κ2) is 12.3. The summed E-state index contributed by atoms with van der Waals surface area (Å²) in [6.45, 7) is 4.32. The number of rotatable bonds is 10. The fraction of sp³-hybridized carbons (Fsp3) is 0.379. The standard InChI is InChI=1S/C29H33ClFN3O3/c1-3-25(37-4-2)27-26(23-15-12-20(30)16-24(23)33-27)28(29(36)32-22-8-6-5-7-9-22)34(18-35)17-19-10-13-21(31)14-11-19/h3,10-16,18,22,28,33H,4-9,17H2,1-2H3,(H,32,36)/b25-3+. The quantitative estimate of drug-likeness (QED) is 0.234. The highest BCUT2D eigenvalue weighted by atomic mass is 35.5. The second-order valence-corrected chi connectivity index (χ2v) is 9.78. The minimum absolute atomic E-state index is 0.0549. The second-order valence-electron chi connectivity index (χ2n) is 9.34. The molecule has 2 amide bonds. The summed E-state index contributed by atoms with van der Waals surface area (Å²) < 4.78 is 19.5. The Bertz CT molecular complexity index is 1270. The number of ether oxygens (including phenoxy) is 1. The third kappa shape index (κ3) is 6.16. The Labute approximate surface area is 221 Å². The minimum Gasteiger partial charge on any atom is -0.492 e. The van der Waals surface area contributed by atoms with Crippen LogP contribution in [0.5, 0.6) is 0 Å². The summed E-state index contributed by atoms with van der Waals surface area (Å²) in [6, 6.07) is 10.5. The highest BCUT2D eigenvalue weighted by Gasteiger charge is 2.34. The lowest BCUT2D eigenvalue weighted by atomic mass is 9.94.